The van der Waals surface area contributed by atoms with Gasteiger partial charge in [-0.3, -0.25) is 19.5 Å². The molecule has 36 heavy (non-hydrogen) atoms. The Labute approximate surface area is 207 Å². The average molecular weight is 512 g/mol. The highest BCUT2D eigenvalue weighted by atomic mass is 32.1. The molecule has 13 heteroatoms. The van der Waals surface area contributed by atoms with Crippen LogP contribution in [0.5, 0.6) is 0 Å². The lowest BCUT2D eigenvalue weighted by Gasteiger charge is -2.38. The summed E-state index contributed by atoms with van der Waals surface area (Å²) in [6.07, 6.45) is 1.69. The van der Waals surface area contributed by atoms with Gasteiger partial charge in [0.25, 0.3) is 5.91 Å². The molecule has 2 amide bonds. The van der Waals surface area contributed by atoms with Crippen LogP contribution in [0.3, 0.4) is 0 Å². The van der Waals surface area contributed by atoms with Crippen molar-refractivity contribution in [3.8, 4) is 10.6 Å². The zero-order valence-electron chi connectivity index (χ0n) is 18.8. The molecule has 0 saturated heterocycles. The van der Waals surface area contributed by atoms with Crippen LogP contribution >= 0.6 is 11.3 Å². The fourth-order valence-electron chi connectivity index (χ4n) is 3.78. The monoisotopic (exact) mass is 511 g/mol. The van der Waals surface area contributed by atoms with Crippen molar-refractivity contribution >= 4 is 34.8 Å². The van der Waals surface area contributed by atoms with Crippen LogP contribution in [-0.2, 0) is 17.9 Å². The number of nitrogens with zero attached hydrogens (tertiary/aromatic N) is 6. The zero-order chi connectivity index (χ0) is 25.4. The Morgan fingerprint density at radius 1 is 1.19 bits per heavy atom. The molecule has 1 aliphatic heterocycles. The third kappa shape index (κ3) is 4.41. The molecule has 184 valence electrons. The summed E-state index contributed by atoms with van der Waals surface area (Å²) in [4.78, 5) is 41.3. The van der Waals surface area contributed by atoms with Crippen LogP contribution in [0, 0.1) is 11.6 Å². The first-order chi connectivity index (χ1) is 17.3. The summed E-state index contributed by atoms with van der Waals surface area (Å²) in [5.74, 6) is -2.45. The molecule has 0 saturated carbocycles. The third-order valence-corrected chi connectivity index (χ3v) is 6.44. The SMILES string of the molecule is CN1c2ncn(CC(=O)Nc3csc(-c4ccc(F)c(F)c4)n3)c2C(=O)N(Cc2ccccn2)C1O. The second-order valence-corrected chi connectivity index (χ2v) is 8.83. The standard InChI is InChI=1S/C23H19F2N7O3S/c1-30-20-19(22(34)32(23(30)35)9-14-4-2-3-7-26-14)31(12-27-20)10-18(33)28-17-11-36-21(29-17)13-5-6-15(24)16(25)8-13/h2-8,11-12,23,35H,9-10H2,1H3,(H,28,33). The predicted molar refractivity (Wildman–Crippen MR) is 127 cm³/mol. The van der Waals surface area contributed by atoms with E-state index >= 15 is 0 Å². The molecule has 2 N–H and O–H groups in total. The average Bonchev–Trinajstić information content (AvgIpc) is 3.50. The smallest absolute Gasteiger partial charge is 0.278 e. The molecule has 4 heterocycles. The molecule has 5 rings (SSSR count). The van der Waals surface area contributed by atoms with Crippen LogP contribution in [0.15, 0.2) is 54.3 Å². The van der Waals surface area contributed by atoms with E-state index in [0.717, 1.165) is 23.5 Å². The second kappa shape index (κ2) is 9.43. The minimum absolute atomic E-state index is 0.0631. The van der Waals surface area contributed by atoms with E-state index in [0.29, 0.717) is 16.3 Å². The van der Waals surface area contributed by atoms with E-state index in [1.165, 1.54) is 26.8 Å². The number of anilines is 2. The molecule has 1 aromatic carbocycles. The Morgan fingerprint density at radius 3 is 2.78 bits per heavy atom. The third-order valence-electron chi connectivity index (χ3n) is 5.55. The van der Waals surface area contributed by atoms with Gasteiger partial charge in [0, 0.05) is 24.2 Å². The number of hydrogen-bond donors (Lipinski definition) is 2. The van der Waals surface area contributed by atoms with E-state index in [9.17, 15) is 23.5 Å². The molecule has 0 radical (unpaired) electrons. The van der Waals surface area contributed by atoms with Gasteiger partial charge in [0.1, 0.15) is 17.4 Å². The van der Waals surface area contributed by atoms with Crippen LogP contribution in [0.2, 0.25) is 0 Å². The maximum atomic E-state index is 13.5. The number of halogens is 2. The Balaban J connectivity index is 1.32. The summed E-state index contributed by atoms with van der Waals surface area (Å²) in [7, 11) is 1.59. The molecular formula is C23H19F2N7O3S. The maximum Gasteiger partial charge on any atom is 0.278 e. The first-order valence-electron chi connectivity index (χ1n) is 10.7. The largest absolute Gasteiger partial charge is 0.356 e. The van der Waals surface area contributed by atoms with E-state index in [4.69, 9.17) is 0 Å². The molecule has 0 aliphatic carbocycles. The lowest BCUT2D eigenvalue weighted by molar-refractivity contribution is -0.116. The maximum absolute atomic E-state index is 13.5. The van der Waals surface area contributed by atoms with Crippen molar-refractivity contribution in [1.82, 2.24) is 24.4 Å². The fourth-order valence-corrected chi connectivity index (χ4v) is 4.53. The highest BCUT2D eigenvalue weighted by Crippen LogP contribution is 2.30. The molecule has 1 unspecified atom stereocenters. The van der Waals surface area contributed by atoms with E-state index in [1.54, 1.807) is 36.8 Å². The molecule has 4 aromatic rings. The van der Waals surface area contributed by atoms with Crippen LogP contribution in [0.25, 0.3) is 10.6 Å². The summed E-state index contributed by atoms with van der Waals surface area (Å²) in [6.45, 7) is -0.180. The number of benzene rings is 1. The van der Waals surface area contributed by atoms with Gasteiger partial charge in [-0.1, -0.05) is 6.07 Å². The second-order valence-electron chi connectivity index (χ2n) is 7.97. The zero-order valence-corrected chi connectivity index (χ0v) is 19.6. The number of aliphatic hydroxyl groups excluding tert-OH is 1. The number of aliphatic hydroxyl groups is 1. The number of hydrogen-bond acceptors (Lipinski definition) is 8. The lowest BCUT2D eigenvalue weighted by Crippen LogP contribution is -2.54. The van der Waals surface area contributed by atoms with Gasteiger partial charge >= 0.3 is 0 Å². The number of pyridine rings is 1. The number of thiazole rings is 1. The molecule has 1 atom stereocenters. The van der Waals surface area contributed by atoms with Gasteiger partial charge in [-0.05, 0) is 30.3 Å². The summed E-state index contributed by atoms with van der Waals surface area (Å²) < 4.78 is 28.1. The van der Waals surface area contributed by atoms with Crippen molar-refractivity contribution in [3.63, 3.8) is 0 Å². The molecule has 1 aliphatic rings. The highest BCUT2D eigenvalue weighted by Gasteiger charge is 2.38. The summed E-state index contributed by atoms with van der Waals surface area (Å²) >= 11 is 1.16. The molecule has 0 bridgehead atoms. The van der Waals surface area contributed by atoms with Crippen molar-refractivity contribution in [3.05, 3.63) is 77.3 Å². The quantitative estimate of drug-likeness (QED) is 0.409. The van der Waals surface area contributed by atoms with Gasteiger partial charge < -0.3 is 19.9 Å². The van der Waals surface area contributed by atoms with Crippen LogP contribution in [-0.4, -0.2) is 54.7 Å². The van der Waals surface area contributed by atoms with Gasteiger partial charge in [-0.25, -0.2) is 18.7 Å². The van der Waals surface area contributed by atoms with Crippen molar-refractivity contribution in [2.75, 3.05) is 17.3 Å². The van der Waals surface area contributed by atoms with E-state index < -0.39 is 29.8 Å². The number of nitrogens with one attached hydrogen (secondary N) is 1. The normalized spacial score (nSPS) is 15.2. The Hall–Kier alpha value is -4.23. The lowest BCUT2D eigenvalue weighted by atomic mass is 10.2. The van der Waals surface area contributed by atoms with Crippen molar-refractivity contribution in [2.45, 2.75) is 19.4 Å². The summed E-state index contributed by atoms with van der Waals surface area (Å²) in [5.41, 5.74) is 1.11. The van der Waals surface area contributed by atoms with Crippen molar-refractivity contribution in [2.24, 2.45) is 0 Å². The van der Waals surface area contributed by atoms with Gasteiger partial charge in [0.15, 0.2) is 23.1 Å². The van der Waals surface area contributed by atoms with Gasteiger partial charge in [-0.2, -0.15) is 0 Å². The number of carbonyl (C=O) groups is 2. The van der Waals surface area contributed by atoms with Crippen molar-refractivity contribution < 1.29 is 23.5 Å². The van der Waals surface area contributed by atoms with Gasteiger partial charge in [-0.15, -0.1) is 11.3 Å². The molecule has 10 nitrogen and oxygen atoms in total. The Bertz CT molecular complexity index is 1440. The molecule has 0 spiro atoms. The van der Waals surface area contributed by atoms with Gasteiger partial charge in [0.2, 0.25) is 12.3 Å². The minimum atomic E-state index is -1.26. The first kappa shape index (κ1) is 23.5. The summed E-state index contributed by atoms with van der Waals surface area (Å²) in [5, 5.41) is 15.3. The van der Waals surface area contributed by atoms with Crippen LogP contribution in [0.4, 0.5) is 20.4 Å². The minimum Gasteiger partial charge on any atom is -0.356 e. The fraction of sp³-hybridized carbons (Fsp3) is 0.174. The Kier molecular flexibility index (Phi) is 6.16. The number of rotatable bonds is 6. The highest BCUT2D eigenvalue weighted by molar-refractivity contribution is 7.13. The Morgan fingerprint density at radius 2 is 2.03 bits per heavy atom. The van der Waals surface area contributed by atoms with E-state index in [1.807, 2.05) is 0 Å². The number of aromatic nitrogens is 4. The predicted octanol–water partition coefficient (Wildman–Crippen LogP) is 2.69. The topological polar surface area (TPSA) is 116 Å². The number of imidazole rings is 1. The van der Waals surface area contributed by atoms with Crippen LogP contribution in [0.1, 0.15) is 16.2 Å². The van der Waals surface area contributed by atoms with Gasteiger partial charge in [0.05, 0.1) is 18.6 Å². The first-order valence-corrected chi connectivity index (χ1v) is 11.6. The summed E-state index contributed by atoms with van der Waals surface area (Å²) in [6, 6.07) is 8.71. The molecule has 0 fully saturated rings. The number of fused-ring (bicyclic) bond motifs is 1. The molecule has 3 aromatic heterocycles. The van der Waals surface area contributed by atoms with Crippen LogP contribution < -0.4 is 10.2 Å². The van der Waals surface area contributed by atoms with E-state index in [-0.39, 0.29) is 30.4 Å². The van der Waals surface area contributed by atoms with Crippen molar-refractivity contribution in [1.29, 1.82) is 0 Å². The molecular weight excluding hydrogens is 492 g/mol. The number of carbonyl (C=O) groups excluding carboxylic acids is 2. The number of amides is 2. The van der Waals surface area contributed by atoms with E-state index in [2.05, 4.69) is 20.3 Å².